The molecule has 0 radical (unpaired) electrons. The summed E-state index contributed by atoms with van der Waals surface area (Å²) in [6, 6.07) is 6.29. The molecule has 2 rings (SSSR count). The van der Waals surface area contributed by atoms with Crippen molar-refractivity contribution in [3.8, 4) is 11.5 Å². The third-order valence-corrected chi connectivity index (χ3v) is 2.66. The maximum absolute atomic E-state index is 10.8. The van der Waals surface area contributed by atoms with Crippen LogP contribution in [-0.2, 0) is 0 Å². The first-order valence-electron chi connectivity index (χ1n) is 5.19. The lowest BCUT2D eigenvalue weighted by Crippen LogP contribution is -1.97. The van der Waals surface area contributed by atoms with E-state index in [0.29, 0.717) is 16.5 Å². The lowest BCUT2D eigenvalue weighted by atomic mass is 10.1. The van der Waals surface area contributed by atoms with Gasteiger partial charge in [-0.15, -0.1) is 0 Å². The highest BCUT2D eigenvalue weighted by Gasteiger charge is 2.08. The number of carbonyl (C=O) groups is 1. The van der Waals surface area contributed by atoms with E-state index in [4.69, 9.17) is 21.4 Å². The fourth-order valence-corrected chi connectivity index (χ4v) is 1.62. The van der Waals surface area contributed by atoms with Gasteiger partial charge in [0.2, 0.25) is 0 Å². The topological polar surface area (TPSA) is 59.4 Å². The van der Waals surface area contributed by atoms with Crippen LogP contribution in [0.3, 0.4) is 0 Å². The van der Waals surface area contributed by atoms with Crippen LogP contribution in [0.1, 0.15) is 15.9 Å². The van der Waals surface area contributed by atoms with Gasteiger partial charge in [0.1, 0.15) is 16.5 Å². The quantitative estimate of drug-likeness (QED) is 0.920. The van der Waals surface area contributed by atoms with Gasteiger partial charge in [-0.3, -0.25) is 4.98 Å². The van der Waals surface area contributed by atoms with Crippen molar-refractivity contribution in [2.45, 2.75) is 6.92 Å². The van der Waals surface area contributed by atoms with E-state index >= 15 is 0 Å². The van der Waals surface area contributed by atoms with Crippen molar-refractivity contribution in [1.29, 1.82) is 0 Å². The lowest BCUT2D eigenvalue weighted by molar-refractivity contribution is 0.0697. The third-order valence-electron chi connectivity index (χ3n) is 2.38. The SMILES string of the molecule is Cc1cc(C(=O)O)ccc1Oc1ccncc1Cl. The molecule has 0 bridgehead atoms. The summed E-state index contributed by atoms with van der Waals surface area (Å²) in [6.07, 6.45) is 3.06. The average Bonchev–Trinajstić information content (AvgIpc) is 2.34. The smallest absolute Gasteiger partial charge is 0.335 e. The van der Waals surface area contributed by atoms with Gasteiger partial charge in [-0.1, -0.05) is 11.6 Å². The molecule has 0 saturated carbocycles. The monoisotopic (exact) mass is 263 g/mol. The van der Waals surface area contributed by atoms with Gasteiger partial charge in [-0.05, 0) is 30.7 Å². The first-order valence-corrected chi connectivity index (χ1v) is 5.57. The number of rotatable bonds is 3. The van der Waals surface area contributed by atoms with Crippen molar-refractivity contribution in [1.82, 2.24) is 4.98 Å². The Balaban J connectivity index is 2.30. The summed E-state index contributed by atoms with van der Waals surface area (Å²) >= 11 is 5.93. The normalized spacial score (nSPS) is 10.1. The zero-order chi connectivity index (χ0) is 13.1. The van der Waals surface area contributed by atoms with Crippen LogP contribution in [0.25, 0.3) is 0 Å². The molecular formula is C13H10ClNO3. The average molecular weight is 264 g/mol. The van der Waals surface area contributed by atoms with Gasteiger partial charge in [0.25, 0.3) is 0 Å². The highest BCUT2D eigenvalue weighted by molar-refractivity contribution is 6.31. The van der Waals surface area contributed by atoms with Crippen LogP contribution in [0.15, 0.2) is 36.7 Å². The minimum Gasteiger partial charge on any atom is -0.478 e. The van der Waals surface area contributed by atoms with E-state index in [1.54, 1.807) is 31.3 Å². The van der Waals surface area contributed by atoms with Crippen molar-refractivity contribution in [2.75, 3.05) is 0 Å². The summed E-state index contributed by atoms with van der Waals surface area (Å²) in [5, 5.41) is 9.27. The largest absolute Gasteiger partial charge is 0.478 e. The van der Waals surface area contributed by atoms with Crippen molar-refractivity contribution in [3.05, 3.63) is 52.8 Å². The number of ether oxygens (including phenoxy) is 1. The first kappa shape index (κ1) is 12.4. The molecule has 5 heteroatoms. The third kappa shape index (κ3) is 2.60. The van der Waals surface area contributed by atoms with E-state index in [2.05, 4.69) is 4.98 Å². The number of benzene rings is 1. The first-order chi connectivity index (χ1) is 8.58. The second kappa shape index (κ2) is 5.06. The second-order valence-electron chi connectivity index (χ2n) is 3.69. The van der Waals surface area contributed by atoms with Crippen LogP contribution in [0.2, 0.25) is 5.02 Å². The Labute approximate surface area is 109 Å². The summed E-state index contributed by atoms with van der Waals surface area (Å²) < 4.78 is 5.61. The number of halogens is 1. The molecular weight excluding hydrogens is 254 g/mol. The van der Waals surface area contributed by atoms with Crippen LogP contribution in [-0.4, -0.2) is 16.1 Å². The molecule has 0 aliphatic carbocycles. The van der Waals surface area contributed by atoms with E-state index in [0.717, 1.165) is 5.56 Å². The Morgan fingerprint density at radius 1 is 1.33 bits per heavy atom. The summed E-state index contributed by atoms with van der Waals surface area (Å²) in [5.41, 5.74) is 0.948. The molecule has 1 N–H and O–H groups in total. The Kier molecular flexibility index (Phi) is 3.48. The van der Waals surface area contributed by atoms with Crippen LogP contribution >= 0.6 is 11.6 Å². The predicted octanol–water partition coefficient (Wildman–Crippen LogP) is 3.53. The van der Waals surface area contributed by atoms with E-state index < -0.39 is 5.97 Å². The molecule has 0 atom stereocenters. The Bertz CT molecular complexity index is 599. The standard InChI is InChI=1S/C13H10ClNO3/c1-8-6-9(13(16)17)2-3-11(8)18-12-4-5-15-7-10(12)14/h2-7H,1H3,(H,16,17). The number of nitrogens with zero attached hydrogens (tertiary/aromatic N) is 1. The molecule has 0 aliphatic rings. The van der Waals surface area contributed by atoms with Crippen molar-refractivity contribution in [3.63, 3.8) is 0 Å². The summed E-state index contributed by atoms with van der Waals surface area (Å²) in [7, 11) is 0. The highest BCUT2D eigenvalue weighted by Crippen LogP contribution is 2.30. The number of aryl methyl sites for hydroxylation is 1. The number of pyridine rings is 1. The molecule has 4 nitrogen and oxygen atoms in total. The van der Waals surface area contributed by atoms with Gasteiger partial charge in [-0.25, -0.2) is 4.79 Å². The van der Waals surface area contributed by atoms with Gasteiger partial charge in [0.15, 0.2) is 0 Å². The Morgan fingerprint density at radius 2 is 2.11 bits per heavy atom. The number of aromatic carboxylic acids is 1. The van der Waals surface area contributed by atoms with Crippen molar-refractivity contribution < 1.29 is 14.6 Å². The van der Waals surface area contributed by atoms with Crippen molar-refractivity contribution >= 4 is 17.6 Å². The van der Waals surface area contributed by atoms with E-state index in [1.807, 2.05) is 0 Å². The fourth-order valence-electron chi connectivity index (χ4n) is 1.46. The van der Waals surface area contributed by atoms with Crippen LogP contribution in [0, 0.1) is 6.92 Å². The van der Waals surface area contributed by atoms with Gasteiger partial charge in [-0.2, -0.15) is 0 Å². The Morgan fingerprint density at radius 3 is 2.72 bits per heavy atom. The van der Waals surface area contributed by atoms with E-state index in [9.17, 15) is 4.79 Å². The molecule has 18 heavy (non-hydrogen) atoms. The molecule has 0 saturated heterocycles. The zero-order valence-corrected chi connectivity index (χ0v) is 10.3. The van der Waals surface area contributed by atoms with Crippen LogP contribution in [0.5, 0.6) is 11.5 Å². The van der Waals surface area contributed by atoms with Gasteiger partial charge >= 0.3 is 5.97 Å². The summed E-state index contributed by atoms with van der Waals surface area (Å²) in [6.45, 7) is 1.77. The number of hydrogen-bond donors (Lipinski definition) is 1. The summed E-state index contributed by atoms with van der Waals surface area (Å²) in [4.78, 5) is 14.7. The number of carboxylic acid groups (broad SMARTS) is 1. The maximum Gasteiger partial charge on any atom is 0.335 e. The van der Waals surface area contributed by atoms with E-state index in [-0.39, 0.29) is 5.56 Å². The maximum atomic E-state index is 10.8. The minimum atomic E-state index is -0.966. The number of hydrogen-bond acceptors (Lipinski definition) is 3. The van der Waals surface area contributed by atoms with Gasteiger partial charge < -0.3 is 9.84 Å². The van der Waals surface area contributed by atoms with E-state index in [1.165, 1.54) is 12.3 Å². The van der Waals surface area contributed by atoms with Crippen LogP contribution in [0.4, 0.5) is 0 Å². The zero-order valence-electron chi connectivity index (χ0n) is 9.55. The molecule has 0 unspecified atom stereocenters. The molecule has 0 aliphatic heterocycles. The predicted molar refractivity (Wildman–Crippen MR) is 67.5 cm³/mol. The lowest BCUT2D eigenvalue weighted by Gasteiger charge is -2.10. The summed E-state index contributed by atoms with van der Waals surface area (Å²) in [5.74, 6) is 0.0811. The molecule has 0 spiro atoms. The fraction of sp³-hybridized carbons (Fsp3) is 0.0769. The van der Waals surface area contributed by atoms with Gasteiger partial charge in [0, 0.05) is 18.5 Å². The second-order valence-corrected chi connectivity index (χ2v) is 4.10. The van der Waals surface area contributed by atoms with Gasteiger partial charge in [0.05, 0.1) is 5.56 Å². The molecule has 0 amide bonds. The van der Waals surface area contributed by atoms with Crippen LogP contribution < -0.4 is 4.74 Å². The number of carboxylic acids is 1. The molecule has 92 valence electrons. The Hall–Kier alpha value is -2.07. The number of aromatic nitrogens is 1. The van der Waals surface area contributed by atoms with Crippen molar-refractivity contribution in [2.24, 2.45) is 0 Å². The molecule has 1 aromatic heterocycles. The minimum absolute atomic E-state index is 0.223. The highest BCUT2D eigenvalue weighted by atomic mass is 35.5. The molecule has 2 aromatic rings. The molecule has 0 fully saturated rings. The molecule has 1 heterocycles. The molecule has 1 aromatic carbocycles.